The molecule has 2 aliphatic rings. The maximum absolute atomic E-state index is 6.52. The fourth-order valence-electron chi connectivity index (χ4n) is 2.69. The van der Waals surface area contributed by atoms with Crippen LogP contribution in [0.15, 0.2) is 6.07 Å². The Morgan fingerprint density at radius 2 is 1.94 bits per heavy atom. The smallest absolute Gasteiger partial charge is 0.166 e. The van der Waals surface area contributed by atoms with E-state index in [4.69, 9.17) is 32.7 Å². The molecular formula is C14H16Cl2O2. The molecule has 0 saturated heterocycles. The lowest BCUT2D eigenvalue weighted by atomic mass is 10.0. The first-order chi connectivity index (χ1) is 8.77. The molecule has 1 aliphatic heterocycles. The van der Waals surface area contributed by atoms with Crippen LogP contribution in [0.5, 0.6) is 11.5 Å². The predicted octanol–water partition coefficient (Wildman–Crippen LogP) is 4.51. The Morgan fingerprint density at radius 3 is 2.83 bits per heavy atom. The maximum atomic E-state index is 6.52. The summed E-state index contributed by atoms with van der Waals surface area (Å²) in [6.07, 6.45) is 5.12. The molecule has 0 bridgehead atoms. The molecule has 0 radical (unpaired) electrons. The molecule has 2 nitrogen and oxygen atoms in total. The Labute approximate surface area is 117 Å². The molecule has 1 atom stereocenters. The fourth-order valence-corrected chi connectivity index (χ4v) is 3.37. The average Bonchev–Trinajstić information content (AvgIpc) is 2.68. The number of hydrogen-bond donors (Lipinski definition) is 0. The minimum Gasteiger partial charge on any atom is -0.489 e. The summed E-state index contributed by atoms with van der Waals surface area (Å²) in [7, 11) is 0. The van der Waals surface area contributed by atoms with E-state index in [0.29, 0.717) is 13.2 Å². The van der Waals surface area contributed by atoms with Crippen LogP contribution >= 0.6 is 23.2 Å². The number of benzene rings is 1. The van der Waals surface area contributed by atoms with E-state index >= 15 is 0 Å². The zero-order valence-electron chi connectivity index (χ0n) is 10.2. The van der Waals surface area contributed by atoms with Crippen molar-refractivity contribution in [3.8, 4) is 11.5 Å². The molecule has 0 saturated carbocycles. The van der Waals surface area contributed by atoms with Crippen LogP contribution in [0.2, 0.25) is 5.02 Å². The van der Waals surface area contributed by atoms with Crippen molar-refractivity contribution in [1.29, 1.82) is 0 Å². The van der Waals surface area contributed by atoms with Gasteiger partial charge in [0.25, 0.3) is 0 Å². The van der Waals surface area contributed by atoms with Crippen LogP contribution in [-0.4, -0.2) is 13.2 Å². The van der Waals surface area contributed by atoms with Crippen molar-refractivity contribution < 1.29 is 9.47 Å². The number of hydrogen-bond acceptors (Lipinski definition) is 2. The van der Waals surface area contributed by atoms with E-state index in [0.717, 1.165) is 59.8 Å². The number of halogens is 2. The van der Waals surface area contributed by atoms with Gasteiger partial charge in [0.1, 0.15) is 0 Å². The van der Waals surface area contributed by atoms with Crippen LogP contribution in [0.25, 0.3) is 0 Å². The van der Waals surface area contributed by atoms with Gasteiger partial charge in [0.2, 0.25) is 0 Å². The molecule has 0 N–H and O–H groups in total. The lowest BCUT2D eigenvalue weighted by Crippen LogP contribution is -2.03. The van der Waals surface area contributed by atoms with E-state index in [2.05, 4.69) is 0 Å². The number of fused-ring (bicyclic) bond motifs is 3. The maximum Gasteiger partial charge on any atom is 0.166 e. The highest BCUT2D eigenvalue weighted by Crippen LogP contribution is 2.47. The van der Waals surface area contributed by atoms with E-state index in [1.165, 1.54) is 0 Å². The molecule has 0 amide bonds. The molecular weight excluding hydrogens is 271 g/mol. The van der Waals surface area contributed by atoms with Crippen LogP contribution in [-0.2, 0) is 6.42 Å². The molecule has 1 aromatic rings. The van der Waals surface area contributed by atoms with Gasteiger partial charge >= 0.3 is 0 Å². The van der Waals surface area contributed by atoms with Gasteiger partial charge in [-0.05, 0) is 24.8 Å². The predicted molar refractivity (Wildman–Crippen MR) is 73.2 cm³/mol. The lowest BCUT2D eigenvalue weighted by Gasteiger charge is -2.19. The molecule has 0 aromatic heterocycles. The van der Waals surface area contributed by atoms with Gasteiger partial charge in [0.15, 0.2) is 11.5 Å². The topological polar surface area (TPSA) is 18.5 Å². The van der Waals surface area contributed by atoms with Gasteiger partial charge in [-0.3, -0.25) is 0 Å². The van der Waals surface area contributed by atoms with Crippen molar-refractivity contribution in [2.75, 3.05) is 13.2 Å². The highest BCUT2D eigenvalue weighted by atomic mass is 35.5. The van der Waals surface area contributed by atoms with Gasteiger partial charge in [-0.2, -0.15) is 0 Å². The highest BCUT2D eigenvalue weighted by molar-refractivity contribution is 6.32. The Hall–Kier alpha value is -0.600. The summed E-state index contributed by atoms with van der Waals surface area (Å²) >= 11 is 12.9. The van der Waals surface area contributed by atoms with Gasteiger partial charge in [-0.25, -0.2) is 0 Å². The van der Waals surface area contributed by atoms with Crippen molar-refractivity contribution in [1.82, 2.24) is 0 Å². The van der Waals surface area contributed by atoms with Gasteiger partial charge in [0, 0.05) is 23.1 Å². The summed E-state index contributed by atoms with van der Waals surface area (Å²) in [4.78, 5) is 0. The largest absolute Gasteiger partial charge is 0.489 e. The van der Waals surface area contributed by atoms with Crippen LogP contribution in [0.3, 0.4) is 0 Å². The summed E-state index contributed by atoms with van der Waals surface area (Å²) in [5, 5.41) is 0.749. The number of ether oxygens (including phenoxy) is 2. The molecule has 1 unspecified atom stereocenters. The van der Waals surface area contributed by atoms with E-state index in [1.54, 1.807) is 0 Å². The normalized spacial score (nSPS) is 22.9. The molecule has 0 fully saturated rings. The van der Waals surface area contributed by atoms with E-state index in [1.807, 2.05) is 6.07 Å². The van der Waals surface area contributed by atoms with Crippen LogP contribution < -0.4 is 9.47 Å². The molecule has 18 heavy (non-hydrogen) atoms. The second-order valence-corrected chi connectivity index (χ2v) is 5.78. The Morgan fingerprint density at radius 1 is 1.11 bits per heavy atom. The second-order valence-electron chi connectivity index (χ2n) is 4.84. The first-order valence-electron chi connectivity index (χ1n) is 6.52. The van der Waals surface area contributed by atoms with Gasteiger partial charge < -0.3 is 9.47 Å². The number of alkyl halides is 1. The molecule has 98 valence electrons. The summed E-state index contributed by atoms with van der Waals surface area (Å²) < 4.78 is 11.6. The molecule has 1 aliphatic carbocycles. The van der Waals surface area contributed by atoms with Gasteiger partial charge in [0.05, 0.1) is 18.6 Å². The molecule has 1 heterocycles. The monoisotopic (exact) mass is 286 g/mol. The summed E-state index contributed by atoms with van der Waals surface area (Å²) in [5.74, 6) is 1.58. The minimum absolute atomic E-state index is 0.0170. The van der Waals surface area contributed by atoms with Crippen molar-refractivity contribution in [3.05, 3.63) is 22.2 Å². The zero-order chi connectivity index (χ0) is 12.5. The molecule has 4 heteroatoms. The summed E-state index contributed by atoms with van der Waals surface area (Å²) in [6.45, 7) is 1.36. The Bertz CT molecular complexity index is 460. The van der Waals surface area contributed by atoms with Crippen LogP contribution in [0.1, 0.15) is 42.2 Å². The highest BCUT2D eigenvalue weighted by Gasteiger charge is 2.27. The van der Waals surface area contributed by atoms with Gasteiger partial charge in [-0.15, -0.1) is 11.6 Å². The fraction of sp³-hybridized carbons (Fsp3) is 0.571. The average molecular weight is 287 g/mol. The van der Waals surface area contributed by atoms with E-state index < -0.39 is 0 Å². The third kappa shape index (κ3) is 2.17. The van der Waals surface area contributed by atoms with Crippen molar-refractivity contribution in [2.24, 2.45) is 0 Å². The lowest BCUT2D eigenvalue weighted by molar-refractivity contribution is 0.296. The molecule has 1 aromatic carbocycles. The first-order valence-corrected chi connectivity index (χ1v) is 7.34. The Balaban J connectivity index is 2.17. The molecule has 3 rings (SSSR count). The molecule has 0 spiro atoms. The first kappa shape index (κ1) is 12.4. The van der Waals surface area contributed by atoms with Crippen molar-refractivity contribution in [3.63, 3.8) is 0 Å². The van der Waals surface area contributed by atoms with Crippen LogP contribution in [0, 0.1) is 0 Å². The van der Waals surface area contributed by atoms with Crippen LogP contribution in [0.4, 0.5) is 0 Å². The summed E-state index contributed by atoms with van der Waals surface area (Å²) in [5.41, 5.74) is 2.22. The third-order valence-corrected chi connectivity index (χ3v) is 4.35. The van der Waals surface area contributed by atoms with E-state index in [-0.39, 0.29) is 5.38 Å². The van der Waals surface area contributed by atoms with E-state index in [9.17, 15) is 0 Å². The quantitative estimate of drug-likeness (QED) is 0.516. The van der Waals surface area contributed by atoms with Crippen molar-refractivity contribution >= 4 is 23.2 Å². The second kappa shape index (κ2) is 5.18. The summed E-state index contributed by atoms with van der Waals surface area (Å²) in [6, 6.07) is 1.88. The number of rotatable bonds is 0. The zero-order valence-corrected chi connectivity index (χ0v) is 11.7. The third-order valence-electron chi connectivity index (χ3n) is 3.58. The Kier molecular flexibility index (Phi) is 3.58. The minimum atomic E-state index is -0.0170. The standard InChI is InChI=1S/C14H16Cl2O2/c15-10-5-2-1-4-9-11(16)8-12-14(13(9)10)18-7-3-6-17-12/h8,10H,1-7H2. The van der Waals surface area contributed by atoms with Crippen molar-refractivity contribution in [2.45, 2.75) is 37.5 Å². The SMILES string of the molecule is Clc1cc2c(c3c1CCCCC3Cl)OCCCO2. The van der Waals surface area contributed by atoms with Gasteiger partial charge in [-0.1, -0.05) is 18.0 Å².